The average Bonchev–Trinajstić information content (AvgIpc) is 3.35. The molecule has 1 aliphatic heterocycles. The molecule has 2 aromatic heterocycles. The van der Waals surface area contributed by atoms with Crippen molar-refractivity contribution in [3.05, 3.63) is 77.1 Å². The van der Waals surface area contributed by atoms with Crippen LogP contribution in [0.15, 0.2) is 53.7 Å². The summed E-state index contributed by atoms with van der Waals surface area (Å²) in [5.41, 5.74) is 4.44. The number of ketones is 1. The van der Waals surface area contributed by atoms with Gasteiger partial charge in [-0.1, -0.05) is 30.3 Å². The zero-order chi connectivity index (χ0) is 27.7. The van der Waals surface area contributed by atoms with E-state index in [1.54, 1.807) is 12.3 Å². The molecule has 0 bridgehead atoms. The Labute approximate surface area is 227 Å². The van der Waals surface area contributed by atoms with E-state index >= 15 is 0 Å². The van der Waals surface area contributed by atoms with Crippen LogP contribution in [0.25, 0.3) is 22.2 Å². The number of para-hydroxylation sites is 1. The van der Waals surface area contributed by atoms with Crippen molar-refractivity contribution in [3.8, 4) is 11.3 Å². The third kappa shape index (κ3) is 5.63. The molecule has 2 N–H and O–H groups in total. The predicted molar refractivity (Wildman–Crippen MR) is 149 cm³/mol. The van der Waals surface area contributed by atoms with Crippen LogP contribution in [0.2, 0.25) is 0 Å². The largest absolute Gasteiger partial charge is 0.360 e. The van der Waals surface area contributed by atoms with Crippen molar-refractivity contribution in [2.45, 2.75) is 37.6 Å². The van der Waals surface area contributed by atoms with E-state index in [2.05, 4.69) is 20.2 Å². The molecule has 0 unspecified atom stereocenters. The first-order chi connectivity index (χ1) is 18.6. The molecule has 1 saturated heterocycles. The number of sulfone groups is 1. The van der Waals surface area contributed by atoms with Gasteiger partial charge >= 0.3 is 0 Å². The molecule has 5 rings (SSSR count). The van der Waals surface area contributed by atoms with Gasteiger partial charge < -0.3 is 10.3 Å². The Kier molecular flexibility index (Phi) is 7.61. The number of carbonyl (C=O) groups is 1. The zero-order valence-electron chi connectivity index (χ0n) is 22.3. The van der Waals surface area contributed by atoms with E-state index in [1.807, 2.05) is 38.2 Å². The second-order valence-corrected chi connectivity index (χ2v) is 12.1. The van der Waals surface area contributed by atoms with Crippen LogP contribution in [0.4, 0.5) is 4.39 Å². The predicted octanol–water partition coefficient (Wildman–Crippen LogP) is 3.47. The van der Waals surface area contributed by atoms with Crippen LogP contribution in [0.1, 0.15) is 29.4 Å². The van der Waals surface area contributed by atoms with E-state index in [1.165, 1.54) is 12.1 Å². The number of hydrogen-bond donors (Lipinski definition) is 2. The fourth-order valence-corrected chi connectivity index (χ4v) is 5.94. The summed E-state index contributed by atoms with van der Waals surface area (Å²) in [7, 11) is -3.70. The van der Waals surface area contributed by atoms with E-state index < -0.39 is 15.7 Å². The molecule has 1 fully saturated rings. The lowest BCUT2D eigenvalue weighted by atomic mass is 9.99. The van der Waals surface area contributed by atoms with E-state index in [0.717, 1.165) is 60.0 Å². The second kappa shape index (κ2) is 11.0. The summed E-state index contributed by atoms with van der Waals surface area (Å²) < 4.78 is 38.9. The van der Waals surface area contributed by atoms with Crippen molar-refractivity contribution in [2.24, 2.45) is 0 Å². The summed E-state index contributed by atoms with van der Waals surface area (Å²) in [6, 6.07) is 10.1. The number of nitrogens with zero attached hydrogens (tertiary/aromatic N) is 3. The number of H-pyrrole nitrogens is 1. The Bertz CT molecular complexity index is 1640. The van der Waals surface area contributed by atoms with Gasteiger partial charge in [-0.3, -0.25) is 9.69 Å². The van der Waals surface area contributed by atoms with Crippen LogP contribution in [0.3, 0.4) is 0 Å². The monoisotopic (exact) mass is 549 g/mol. The number of Topliss-reactive ketones (excluding diaryl/α,β-unsaturated/α-hetero) is 1. The second-order valence-electron chi connectivity index (χ2n) is 10.1. The molecule has 0 aliphatic carbocycles. The van der Waals surface area contributed by atoms with Gasteiger partial charge in [-0.15, -0.1) is 0 Å². The van der Waals surface area contributed by atoms with Gasteiger partial charge in [0, 0.05) is 74.1 Å². The number of rotatable bonds is 8. The van der Waals surface area contributed by atoms with Crippen molar-refractivity contribution >= 4 is 26.5 Å². The number of hydrogen-bond acceptors (Lipinski definition) is 7. The fourth-order valence-electron chi connectivity index (χ4n) is 5.15. The van der Waals surface area contributed by atoms with Crippen LogP contribution in [-0.2, 0) is 27.5 Å². The number of fused-ring (bicyclic) bond motifs is 1. The molecule has 10 heteroatoms. The fraction of sp³-hybridized carbons (Fsp3) is 0.345. The molecule has 39 heavy (non-hydrogen) atoms. The summed E-state index contributed by atoms with van der Waals surface area (Å²) >= 11 is 0. The maximum absolute atomic E-state index is 15.0. The number of aromatic nitrogens is 3. The van der Waals surface area contributed by atoms with Crippen molar-refractivity contribution < 1.29 is 17.6 Å². The van der Waals surface area contributed by atoms with Crippen molar-refractivity contribution in [1.29, 1.82) is 0 Å². The zero-order valence-corrected chi connectivity index (χ0v) is 23.1. The molecule has 0 radical (unpaired) electrons. The number of aryl methyl sites for hydroxylation is 1. The molecule has 204 valence electrons. The Hall–Kier alpha value is -3.47. The Morgan fingerprint density at radius 3 is 2.59 bits per heavy atom. The minimum atomic E-state index is -3.70. The summed E-state index contributed by atoms with van der Waals surface area (Å²) in [5.74, 6) is -0.216. The highest BCUT2D eigenvalue weighted by molar-refractivity contribution is 7.90. The first-order valence-corrected chi connectivity index (χ1v) is 14.9. The molecule has 8 nitrogen and oxygen atoms in total. The van der Waals surface area contributed by atoms with Crippen molar-refractivity contribution in [1.82, 2.24) is 25.2 Å². The van der Waals surface area contributed by atoms with Gasteiger partial charge in [0.15, 0.2) is 15.6 Å². The first-order valence-electron chi connectivity index (χ1n) is 13.0. The van der Waals surface area contributed by atoms with E-state index in [0.29, 0.717) is 17.9 Å². The summed E-state index contributed by atoms with van der Waals surface area (Å²) in [6.45, 7) is 7.40. The molecule has 0 saturated carbocycles. The van der Waals surface area contributed by atoms with Gasteiger partial charge in [-0.05, 0) is 36.6 Å². The standard InChI is InChI=1S/C29H32FN5O3S/c1-18-16-32-26(15-20-6-5-9-25(27(20)30)39(3,37)38)34-28(18)23-17-33-29-21(7-4-8-22(23)29)14-24(36)19(2)35-12-10-31-11-13-35/h4-9,16-17,19,31,33H,10-15H2,1-3H3/t19-/m1/s1. The average molecular weight is 550 g/mol. The minimum absolute atomic E-state index is 0.0501. The SMILES string of the molecule is Cc1cnc(Cc2cccc(S(C)(=O)=O)c2F)nc1-c1c[nH]c2c(CC(=O)[C@@H](C)N3CCNCC3)cccc12. The molecule has 2 aromatic carbocycles. The highest BCUT2D eigenvalue weighted by Gasteiger charge is 2.24. The van der Waals surface area contributed by atoms with Crippen LogP contribution in [0, 0.1) is 12.7 Å². The van der Waals surface area contributed by atoms with Gasteiger partial charge in [-0.2, -0.15) is 0 Å². The number of benzene rings is 2. The maximum Gasteiger partial charge on any atom is 0.178 e. The number of carbonyl (C=O) groups excluding carboxylic acids is 1. The number of piperazine rings is 1. The minimum Gasteiger partial charge on any atom is -0.360 e. The van der Waals surface area contributed by atoms with Crippen molar-refractivity contribution in [2.75, 3.05) is 32.4 Å². The molecule has 1 aliphatic rings. The van der Waals surface area contributed by atoms with E-state index in [4.69, 9.17) is 4.98 Å². The summed E-state index contributed by atoms with van der Waals surface area (Å²) in [5, 5.41) is 4.26. The topological polar surface area (TPSA) is 108 Å². The van der Waals surface area contributed by atoms with Gasteiger partial charge in [0.2, 0.25) is 0 Å². The van der Waals surface area contributed by atoms with Crippen LogP contribution in [-0.4, -0.2) is 72.5 Å². The molecular weight excluding hydrogens is 517 g/mol. The third-order valence-electron chi connectivity index (χ3n) is 7.40. The molecule has 0 spiro atoms. The van der Waals surface area contributed by atoms with Gasteiger partial charge in [-0.25, -0.2) is 22.8 Å². The number of aromatic amines is 1. The van der Waals surface area contributed by atoms with Gasteiger partial charge in [0.1, 0.15) is 16.5 Å². The van der Waals surface area contributed by atoms with Gasteiger partial charge in [0.05, 0.1) is 11.7 Å². The third-order valence-corrected chi connectivity index (χ3v) is 8.51. The first kappa shape index (κ1) is 27.1. The highest BCUT2D eigenvalue weighted by Crippen LogP contribution is 2.32. The lowest BCUT2D eigenvalue weighted by Gasteiger charge is -2.31. The molecule has 0 amide bonds. The molecule has 3 heterocycles. The lowest BCUT2D eigenvalue weighted by molar-refractivity contribution is -0.123. The smallest absolute Gasteiger partial charge is 0.178 e. The van der Waals surface area contributed by atoms with E-state index in [-0.39, 0.29) is 28.7 Å². The lowest BCUT2D eigenvalue weighted by Crippen LogP contribution is -2.50. The quantitative estimate of drug-likeness (QED) is 0.347. The number of halogens is 1. The normalized spacial score (nSPS) is 15.5. The van der Waals surface area contributed by atoms with E-state index in [9.17, 15) is 17.6 Å². The van der Waals surface area contributed by atoms with Crippen molar-refractivity contribution in [3.63, 3.8) is 0 Å². The van der Waals surface area contributed by atoms with Crippen LogP contribution < -0.4 is 5.32 Å². The Balaban J connectivity index is 1.44. The summed E-state index contributed by atoms with van der Waals surface area (Å²) in [4.78, 5) is 27.5. The van der Waals surface area contributed by atoms with Gasteiger partial charge in [0.25, 0.3) is 0 Å². The molecule has 4 aromatic rings. The summed E-state index contributed by atoms with van der Waals surface area (Å²) in [6.07, 6.45) is 4.93. The van der Waals surface area contributed by atoms with Crippen LogP contribution >= 0.6 is 0 Å². The van der Waals surface area contributed by atoms with Crippen LogP contribution in [0.5, 0.6) is 0 Å². The molecule has 1 atom stereocenters. The Morgan fingerprint density at radius 2 is 1.85 bits per heavy atom. The number of nitrogens with one attached hydrogen (secondary N) is 2. The highest BCUT2D eigenvalue weighted by atomic mass is 32.2. The molecular formula is C29H32FN5O3S. The Morgan fingerprint density at radius 1 is 1.13 bits per heavy atom. The maximum atomic E-state index is 15.0.